The first-order valence-electron chi connectivity index (χ1n) is 8.70. The summed E-state index contributed by atoms with van der Waals surface area (Å²) in [5.41, 5.74) is 3.91. The number of nitrogens with one attached hydrogen (secondary N) is 1. The van der Waals surface area contributed by atoms with E-state index in [9.17, 15) is 0 Å². The predicted molar refractivity (Wildman–Crippen MR) is 105 cm³/mol. The quantitative estimate of drug-likeness (QED) is 0.660. The number of hydrogen-bond donors (Lipinski definition) is 1. The van der Waals surface area contributed by atoms with Crippen molar-refractivity contribution in [1.29, 1.82) is 0 Å². The van der Waals surface area contributed by atoms with Gasteiger partial charge < -0.3 is 10.1 Å². The Kier molecular flexibility index (Phi) is 4.41. The number of aryl methyl sites for hydroxylation is 1. The molecule has 1 heterocycles. The van der Waals surface area contributed by atoms with Crippen LogP contribution in [0.1, 0.15) is 35.1 Å². The Morgan fingerprint density at radius 2 is 1.76 bits per heavy atom. The number of ether oxygens (including phenoxy) is 1. The molecule has 2 nitrogen and oxygen atoms in total. The Morgan fingerprint density at radius 1 is 0.960 bits per heavy atom. The van der Waals surface area contributed by atoms with Crippen LogP contribution in [0.2, 0.25) is 5.02 Å². The smallest absolute Gasteiger partial charge is 0.119 e. The molecule has 4 rings (SSSR count). The Labute approximate surface area is 153 Å². The summed E-state index contributed by atoms with van der Waals surface area (Å²) >= 11 is 6.24. The fraction of sp³-hybridized carbons (Fsp3) is 0.273. The highest BCUT2D eigenvalue weighted by Gasteiger charge is 2.26. The summed E-state index contributed by atoms with van der Waals surface area (Å²) in [5, 5.41) is 6.97. The summed E-state index contributed by atoms with van der Waals surface area (Å²) in [6.07, 6.45) is 1.10. The first kappa shape index (κ1) is 16.4. The number of hydrogen-bond acceptors (Lipinski definition) is 2. The van der Waals surface area contributed by atoms with Crippen molar-refractivity contribution in [2.45, 2.75) is 25.3 Å². The molecule has 1 fully saturated rings. The van der Waals surface area contributed by atoms with Gasteiger partial charge in [-0.2, -0.15) is 0 Å². The molecule has 2 atom stereocenters. The molecule has 0 aromatic heterocycles. The minimum atomic E-state index is 0.385. The average Bonchev–Trinajstić information content (AvgIpc) is 3.10. The Hall–Kier alpha value is -2.03. The van der Waals surface area contributed by atoms with Gasteiger partial charge in [0.2, 0.25) is 0 Å². The van der Waals surface area contributed by atoms with Crippen molar-refractivity contribution in [3.63, 3.8) is 0 Å². The van der Waals surface area contributed by atoms with E-state index in [-0.39, 0.29) is 0 Å². The summed E-state index contributed by atoms with van der Waals surface area (Å²) in [6.45, 7) is 3.10. The summed E-state index contributed by atoms with van der Waals surface area (Å²) in [5.74, 6) is 1.41. The molecule has 1 aliphatic heterocycles. The van der Waals surface area contributed by atoms with Crippen LogP contribution in [-0.4, -0.2) is 13.7 Å². The van der Waals surface area contributed by atoms with Crippen LogP contribution in [0.5, 0.6) is 5.75 Å². The number of halogens is 1. The molecule has 1 aliphatic rings. The maximum absolute atomic E-state index is 6.24. The van der Waals surface area contributed by atoms with Gasteiger partial charge in [0, 0.05) is 17.6 Å². The summed E-state index contributed by atoms with van der Waals surface area (Å²) in [6, 6.07) is 19.7. The van der Waals surface area contributed by atoms with Gasteiger partial charge in [-0.1, -0.05) is 35.9 Å². The van der Waals surface area contributed by atoms with Gasteiger partial charge in [0.25, 0.3) is 0 Å². The molecule has 3 heteroatoms. The van der Waals surface area contributed by atoms with Gasteiger partial charge in [-0.3, -0.25) is 0 Å². The molecular weight excluding hydrogens is 330 g/mol. The number of methoxy groups -OCH3 is 1. The zero-order valence-electron chi connectivity index (χ0n) is 14.6. The molecule has 1 N–H and O–H groups in total. The lowest BCUT2D eigenvalue weighted by Crippen LogP contribution is -2.13. The SMILES string of the molecule is COc1ccc2cc(C3CC(c4cc(C)cc(Cl)c4)CN3)ccc2c1. The topological polar surface area (TPSA) is 21.3 Å². The second-order valence-electron chi connectivity index (χ2n) is 6.93. The van der Waals surface area contributed by atoms with Crippen molar-refractivity contribution < 1.29 is 4.74 Å². The highest BCUT2D eigenvalue weighted by Crippen LogP contribution is 2.36. The molecule has 0 saturated carbocycles. The first-order chi connectivity index (χ1) is 12.1. The molecule has 3 aromatic rings. The Morgan fingerprint density at radius 3 is 2.56 bits per heavy atom. The van der Waals surface area contributed by atoms with Crippen LogP contribution in [0.3, 0.4) is 0 Å². The fourth-order valence-corrected chi connectivity index (χ4v) is 4.13. The monoisotopic (exact) mass is 351 g/mol. The zero-order valence-corrected chi connectivity index (χ0v) is 15.3. The van der Waals surface area contributed by atoms with Crippen molar-refractivity contribution >= 4 is 22.4 Å². The van der Waals surface area contributed by atoms with Crippen LogP contribution in [0.4, 0.5) is 0 Å². The molecule has 25 heavy (non-hydrogen) atoms. The maximum Gasteiger partial charge on any atom is 0.119 e. The van der Waals surface area contributed by atoms with Crippen molar-refractivity contribution in [3.8, 4) is 5.75 Å². The molecule has 128 valence electrons. The van der Waals surface area contributed by atoms with Crippen molar-refractivity contribution in [2.75, 3.05) is 13.7 Å². The molecule has 0 radical (unpaired) electrons. The highest BCUT2D eigenvalue weighted by molar-refractivity contribution is 6.30. The van der Waals surface area contributed by atoms with E-state index in [1.54, 1.807) is 7.11 Å². The van der Waals surface area contributed by atoms with Gasteiger partial charge in [0.1, 0.15) is 5.75 Å². The largest absolute Gasteiger partial charge is 0.497 e. The van der Waals surface area contributed by atoms with E-state index in [0.29, 0.717) is 12.0 Å². The van der Waals surface area contributed by atoms with Gasteiger partial charge >= 0.3 is 0 Å². The lowest BCUT2D eigenvalue weighted by atomic mass is 9.92. The Bertz CT molecular complexity index is 901. The van der Waals surface area contributed by atoms with E-state index in [1.807, 2.05) is 12.1 Å². The zero-order chi connectivity index (χ0) is 17.4. The van der Waals surface area contributed by atoms with Gasteiger partial charge in [0.15, 0.2) is 0 Å². The molecule has 0 spiro atoms. The van der Waals surface area contributed by atoms with Gasteiger partial charge in [-0.25, -0.2) is 0 Å². The molecule has 0 amide bonds. The molecule has 3 aromatic carbocycles. The summed E-state index contributed by atoms with van der Waals surface area (Å²) < 4.78 is 5.31. The van der Waals surface area contributed by atoms with Crippen LogP contribution in [0, 0.1) is 6.92 Å². The van der Waals surface area contributed by atoms with Crippen LogP contribution in [-0.2, 0) is 0 Å². The highest BCUT2D eigenvalue weighted by atomic mass is 35.5. The van der Waals surface area contributed by atoms with Crippen LogP contribution in [0.15, 0.2) is 54.6 Å². The number of benzene rings is 3. The second kappa shape index (κ2) is 6.70. The molecular formula is C22H22ClNO. The van der Waals surface area contributed by atoms with Crippen molar-refractivity contribution in [1.82, 2.24) is 5.32 Å². The van der Waals surface area contributed by atoms with E-state index in [1.165, 1.54) is 27.5 Å². The molecule has 0 aliphatic carbocycles. The fourth-order valence-electron chi connectivity index (χ4n) is 3.83. The van der Waals surface area contributed by atoms with E-state index in [4.69, 9.17) is 16.3 Å². The van der Waals surface area contributed by atoms with E-state index < -0.39 is 0 Å². The number of fused-ring (bicyclic) bond motifs is 1. The minimum absolute atomic E-state index is 0.385. The third-order valence-electron chi connectivity index (χ3n) is 5.14. The molecule has 0 bridgehead atoms. The molecule has 2 unspecified atom stereocenters. The Balaban J connectivity index is 1.57. The third kappa shape index (κ3) is 3.37. The van der Waals surface area contributed by atoms with Crippen LogP contribution in [0.25, 0.3) is 10.8 Å². The predicted octanol–water partition coefficient (Wildman–Crippen LogP) is 5.63. The normalized spacial score (nSPS) is 20.1. The standard InChI is InChI=1S/C22H22ClNO/c1-14-7-18(10-20(23)8-14)19-12-22(24-13-19)17-4-3-16-11-21(25-2)6-5-15(16)9-17/h3-11,19,22,24H,12-13H2,1-2H3. The maximum atomic E-state index is 6.24. The second-order valence-corrected chi connectivity index (χ2v) is 7.36. The lowest BCUT2D eigenvalue weighted by Gasteiger charge is -2.13. The van der Waals surface area contributed by atoms with E-state index in [2.05, 4.69) is 54.7 Å². The van der Waals surface area contributed by atoms with E-state index >= 15 is 0 Å². The van der Waals surface area contributed by atoms with Gasteiger partial charge in [-0.05, 0) is 77.1 Å². The van der Waals surface area contributed by atoms with E-state index in [0.717, 1.165) is 23.7 Å². The third-order valence-corrected chi connectivity index (χ3v) is 5.36. The van der Waals surface area contributed by atoms with Crippen LogP contribution < -0.4 is 10.1 Å². The summed E-state index contributed by atoms with van der Waals surface area (Å²) in [7, 11) is 1.70. The van der Waals surface area contributed by atoms with Crippen molar-refractivity contribution in [2.24, 2.45) is 0 Å². The number of rotatable bonds is 3. The van der Waals surface area contributed by atoms with Crippen LogP contribution >= 0.6 is 11.6 Å². The molecule has 1 saturated heterocycles. The summed E-state index contributed by atoms with van der Waals surface area (Å²) in [4.78, 5) is 0. The average molecular weight is 352 g/mol. The first-order valence-corrected chi connectivity index (χ1v) is 9.08. The van der Waals surface area contributed by atoms with Gasteiger partial charge in [-0.15, -0.1) is 0 Å². The minimum Gasteiger partial charge on any atom is -0.497 e. The lowest BCUT2D eigenvalue weighted by molar-refractivity contribution is 0.415. The van der Waals surface area contributed by atoms with Gasteiger partial charge in [0.05, 0.1) is 7.11 Å². The van der Waals surface area contributed by atoms with Crippen molar-refractivity contribution in [3.05, 3.63) is 76.3 Å².